The van der Waals surface area contributed by atoms with Crippen LogP contribution in [-0.2, 0) is 14.4 Å². The van der Waals surface area contributed by atoms with Crippen LogP contribution >= 0.6 is 0 Å². The van der Waals surface area contributed by atoms with Crippen LogP contribution in [0.25, 0.3) is 0 Å². The highest BCUT2D eigenvalue weighted by molar-refractivity contribution is 5.83. The van der Waals surface area contributed by atoms with Gasteiger partial charge in [-0.15, -0.1) is 5.17 Å². The fourth-order valence-electron chi connectivity index (χ4n) is 1.23. The Kier molecular flexibility index (Phi) is 4.47. The number of para-hydroxylation sites is 1. The number of amides is 2. The average Bonchev–Trinajstić information content (AvgIpc) is 2.36. The summed E-state index contributed by atoms with van der Waals surface area (Å²) < 4.78 is 0. The first-order valence-corrected chi connectivity index (χ1v) is 4.91. The lowest BCUT2D eigenvalue weighted by molar-refractivity contribution is -0.180. The van der Waals surface area contributed by atoms with E-state index >= 15 is 0 Å². The van der Waals surface area contributed by atoms with Gasteiger partial charge in [0.05, 0.1) is 12.8 Å². The van der Waals surface area contributed by atoms with Gasteiger partial charge in [-0.25, -0.2) is 0 Å². The van der Waals surface area contributed by atoms with E-state index in [0.717, 1.165) is 10.2 Å². The van der Waals surface area contributed by atoms with Crippen LogP contribution < -0.4 is 5.01 Å². The first-order valence-electron chi connectivity index (χ1n) is 4.91. The van der Waals surface area contributed by atoms with Crippen molar-refractivity contribution >= 4 is 18.0 Å². The first-order chi connectivity index (χ1) is 7.74. The minimum atomic E-state index is -0.293. The third-order valence-electron chi connectivity index (χ3n) is 2.01. The van der Waals surface area contributed by atoms with Crippen molar-refractivity contribution in [3.05, 3.63) is 30.3 Å². The van der Waals surface area contributed by atoms with Gasteiger partial charge in [0, 0.05) is 6.42 Å². The van der Waals surface area contributed by atoms with Gasteiger partial charge in [-0.2, -0.15) is 5.01 Å². The molecule has 1 rings (SSSR count). The molecule has 1 aromatic carbocycles. The van der Waals surface area contributed by atoms with E-state index in [1.54, 1.807) is 31.2 Å². The Balaban J connectivity index is 2.96. The van der Waals surface area contributed by atoms with E-state index < -0.39 is 0 Å². The van der Waals surface area contributed by atoms with Crippen molar-refractivity contribution in [2.24, 2.45) is 0 Å². The van der Waals surface area contributed by atoms with Gasteiger partial charge in [-0.3, -0.25) is 14.4 Å². The lowest BCUT2D eigenvalue weighted by Crippen LogP contribution is -2.45. The Labute approximate surface area is 94.1 Å². The Morgan fingerprint density at radius 3 is 2.44 bits per heavy atom. The molecule has 0 aliphatic heterocycles. The maximum absolute atomic E-state index is 11.5. The average molecular weight is 222 g/mol. The Hall–Kier alpha value is -1.88. The molecule has 2 amide bonds. The van der Waals surface area contributed by atoms with Gasteiger partial charge in [0.15, 0.2) is 0 Å². The van der Waals surface area contributed by atoms with Crippen molar-refractivity contribution in [2.45, 2.75) is 13.3 Å². The van der Waals surface area contributed by atoms with Crippen molar-refractivity contribution in [3.63, 3.8) is 0 Å². The maximum atomic E-state index is 11.5. The minimum Gasteiger partial charge on any atom is -0.276 e. The van der Waals surface area contributed by atoms with E-state index in [-0.39, 0.29) is 12.3 Å². The molecule has 0 radical (unpaired) electrons. The van der Waals surface area contributed by atoms with Gasteiger partial charge in [0.25, 0.3) is 5.91 Å². The highest BCUT2D eigenvalue weighted by atomic mass is 16.7. The molecule has 5 heteroatoms. The van der Waals surface area contributed by atoms with Gasteiger partial charge < -0.3 is 0 Å². The van der Waals surface area contributed by atoms with E-state index in [1.165, 1.54) is 7.11 Å². The number of hydrogen-bond donors (Lipinski definition) is 0. The summed E-state index contributed by atoms with van der Waals surface area (Å²) in [6, 6.07) is 8.80. The molecular formula is C11H14N2O3. The predicted molar refractivity (Wildman–Crippen MR) is 59.1 cm³/mol. The predicted octanol–water partition coefficient (Wildman–Crippen LogP) is 1.36. The molecule has 0 saturated carbocycles. The van der Waals surface area contributed by atoms with Crippen molar-refractivity contribution in [2.75, 3.05) is 12.1 Å². The monoisotopic (exact) mass is 222 g/mol. The van der Waals surface area contributed by atoms with E-state index in [0.29, 0.717) is 12.1 Å². The summed E-state index contributed by atoms with van der Waals surface area (Å²) in [5.41, 5.74) is 0.571. The van der Waals surface area contributed by atoms with Gasteiger partial charge in [0.2, 0.25) is 6.41 Å². The van der Waals surface area contributed by atoms with Crippen molar-refractivity contribution < 1.29 is 14.4 Å². The lowest BCUT2D eigenvalue weighted by Gasteiger charge is -2.28. The van der Waals surface area contributed by atoms with E-state index in [4.69, 9.17) is 4.84 Å². The molecular weight excluding hydrogens is 208 g/mol. The first kappa shape index (κ1) is 12.2. The molecule has 0 N–H and O–H groups in total. The van der Waals surface area contributed by atoms with Crippen LogP contribution in [-0.4, -0.2) is 24.6 Å². The number of hydrazine groups is 1. The maximum Gasteiger partial charge on any atom is 0.267 e. The van der Waals surface area contributed by atoms with Crippen molar-refractivity contribution in [1.82, 2.24) is 5.17 Å². The standard InChI is InChI=1S/C11H14N2O3/c1-3-11(15)13(16-2)12(9-14)10-7-5-4-6-8-10/h4-9H,3H2,1-2H3. The number of hydroxylamine groups is 1. The van der Waals surface area contributed by atoms with Crippen LogP contribution in [0, 0.1) is 0 Å². The number of benzene rings is 1. The largest absolute Gasteiger partial charge is 0.276 e. The molecule has 0 unspecified atom stereocenters. The van der Waals surface area contributed by atoms with Crippen LogP contribution in [0.1, 0.15) is 13.3 Å². The zero-order valence-corrected chi connectivity index (χ0v) is 9.29. The number of rotatable bonds is 5. The Morgan fingerprint density at radius 1 is 1.38 bits per heavy atom. The second-order valence-corrected chi connectivity index (χ2v) is 2.99. The van der Waals surface area contributed by atoms with Crippen LogP contribution in [0.5, 0.6) is 0 Å². The zero-order chi connectivity index (χ0) is 12.0. The molecule has 1 aromatic rings. The topological polar surface area (TPSA) is 49.9 Å². The second kappa shape index (κ2) is 5.87. The molecule has 5 nitrogen and oxygen atoms in total. The molecule has 16 heavy (non-hydrogen) atoms. The van der Waals surface area contributed by atoms with Gasteiger partial charge in [0.1, 0.15) is 0 Å². The third kappa shape index (κ3) is 2.58. The minimum absolute atomic E-state index is 0.255. The summed E-state index contributed by atoms with van der Waals surface area (Å²) in [5, 5.41) is 2.05. The molecule has 0 atom stereocenters. The Bertz CT molecular complexity index is 354. The van der Waals surface area contributed by atoms with Crippen molar-refractivity contribution in [3.8, 4) is 0 Å². The number of nitrogens with zero attached hydrogens (tertiary/aromatic N) is 2. The smallest absolute Gasteiger partial charge is 0.267 e. The Morgan fingerprint density at radius 2 is 2.00 bits per heavy atom. The number of carbonyl (C=O) groups is 2. The molecule has 0 saturated heterocycles. The second-order valence-electron chi connectivity index (χ2n) is 2.99. The fraction of sp³-hybridized carbons (Fsp3) is 0.273. The summed E-state index contributed by atoms with van der Waals surface area (Å²) in [6.07, 6.45) is 0.789. The molecule has 0 aliphatic carbocycles. The summed E-state index contributed by atoms with van der Waals surface area (Å²) in [5.74, 6) is -0.293. The molecule has 0 aliphatic rings. The summed E-state index contributed by atoms with van der Waals surface area (Å²) in [6.45, 7) is 1.70. The highest BCUT2D eigenvalue weighted by Gasteiger charge is 2.20. The molecule has 0 bridgehead atoms. The molecule has 0 heterocycles. The normalized spacial score (nSPS) is 9.62. The third-order valence-corrected chi connectivity index (χ3v) is 2.01. The van der Waals surface area contributed by atoms with E-state index in [1.807, 2.05) is 6.07 Å². The number of anilines is 1. The van der Waals surface area contributed by atoms with E-state index in [9.17, 15) is 9.59 Å². The lowest BCUT2D eigenvalue weighted by atomic mass is 10.3. The van der Waals surface area contributed by atoms with Crippen LogP contribution in [0.4, 0.5) is 5.69 Å². The van der Waals surface area contributed by atoms with Gasteiger partial charge in [-0.05, 0) is 12.1 Å². The zero-order valence-electron chi connectivity index (χ0n) is 9.29. The van der Waals surface area contributed by atoms with Crippen molar-refractivity contribution in [1.29, 1.82) is 0 Å². The fourth-order valence-corrected chi connectivity index (χ4v) is 1.23. The van der Waals surface area contributed by atoms with E-state index in [2.05, 4.69) is 0 Å². The van der Waals surface area contributed by atoms with Crippen LogP contribution in [0.2, 0.25) is 0 Å². The number of carbonyl (C=O) groups excluding carboxylic acids is 2. The summed E-state index contributed by atoms with van der Waals surface area (Å²) in [7, 11) is 1.34. The molecule has 0 spiro atoms. The number of hydrogen-bond acceptors (Lipinski definition) is 3. The van der Waals surface area contributed by atoms with Gasteiger partial charge in [-0.1, -0.05) is 25.1 Å². The summed E-state index contributed by atoms with van der Waals surface area (Å²) >= 11 is 0. The molecule has 0 fully saturated rings. The SMILES string of the molecule is CCC(=O)N(OC)N(C=O)c1ccccc1. The quantitative estimate of drug-likeness (QED) is 0.558. The molecule has 0 aromatic heterocycles. The highest BCUT2D eigenvalue weighted by Crippen LogP contribution is 2.14. The van der Waals surface area contributed by atoms with Crippen LogP contribution in [0.15, 0.2) is 30.3 Å². The molecule has 86 valence electrons. The van der Waals surface area contributed by atoms with Gasteiger partial charge >= 0.3 is 0 Å². The summed E-state index contributed by atoms with van der Waals surface area (Å²) in [4.78, 5) is 27.4. The van der Waals surface area contributed by atoms with Crippen LogP contribution in [0.3, 0.4) is 0 Å².